The lowest BCUT2D eigenvalue weighted by molar-refractivity contribution is -0.135. The quantitative estimate of drug-likeness (QED) is 0.826. The van der Waals surface area contributed by atoms with E-state index in [1.807, 2.05) is 18.7 Å². The van der Waals surface area contributed by atoms with E-state index in [1.165, 1.54) is 12.8 Å². The van der Waals surface area contributed by atoms with Gasteiger partial charge in [-0.15, -0.1) is 0 Å². The SMILES string of the molecule is CC(C)N1CC[C@@H](NC(=O)[C@@H]2CCCN2C2CC2)C1=O. The molecule has 0 bridgehead atoms. The van der Waals surface area contributed by atoms with Gasteiger partial charge in [-0.3, -0.25) is 14.5 Å². The lowest BCUT2D eigenvalue weighted by Crippen LogP contribution is -2.50. The van der Waals surface area contributed by atoms with Crippen LogP contribution in [0, 0.1) is 0 Å². The summed E-state index contributed by atoms with van der Waals surface area (Å²) in [6.45, 7) is 5.85. The Morgan fingerprint density at radius 2 is 1.95 bits per heavy atom. The monoisotopic (exact) mass is 279 g/mol. The standard InChI is InChI=1S/C15H25N3O2/c1-10(2)17-9-7-12(15(17)20)16-14(19)13-4-3-8-18(13)11-5-6-11/h10-13H,3-9H2,1-2H3,(H,16,19)/t12-,13+/m1/s1. The normalized spacial score (nSPS) is 31.4. The highest BCUT2D eigenvalue weighted by atomic mass is 16.2. The summed E-state index contributed by atoms with van der Waals surface area (Å²) >= 11 is 0. The fraction of sp³-hybridized carbons (Fsp3) is 0.867. The van der Waals surface area contributed by atoms with Crippen LogP contribution in [0.1, 0.15) is 46.0 Å². The van der Waals surface area contributed by atoms with Gasteiger partial charge in [-0.1, -0.05) is 0 Å². The lowest BCUT2D eigenvalue weighted by Gasteiger charge is -2.25. The minimum absolute atomic E-state index is 0.00315. The summed E-state index contributed by atoms with van der Waals surface area (Å²) in [5.41, 5.74) is 0. The molecule has 0 aromatic rings. The molecule has 1 aliphatic carbocycles. The van der Waals surface area contributed by atoms with Gasteiger partial charge in [-0.25, -0.2) is 0 Å². The minimum Gasteiger partial charge on any atom is -0.343 e. The molecule has 3 rings (SSSR count). The first kappa shape index (κ1) is 13.9. The summed E-state index contributed by atoms with van der Waals surface area (Å²) in [6, 6.07) is 0.550. The van der Waals surface area contributed by atoms with Crippen molar-refractivity contribution < 1.29 is 9.59 Å². The maximum atomic E-state index is 12.4. The van der Waals surface area contributed by atoms with E-state index in [9.17, 15) is 9.59 Å². The number of carbonyl (C=O) groups excluding carboxylic acids is 2. The Morgan fingerprint density at radius 3 is 2.55 bits per heavy atom. The first-order valence-corrected chi connectivity index (χ1v) is 7.94. The van der Waals surface area contributed by atoms with Crippen LogP contribution in [0.25, 0.3) is 0 Å². The molecule has 2 atom stereocenters. The van der Waals surface area contributed by atoms with Crippen LogP contribution in [-0.2, 0) is 9.59 Å². The minimum atomic E-state index is -0.299. The molecule has 20 heavy (non-hydrogen) atoms. The van der Waals surface area contributed by atoms with Crippen LogP contribution in [0.5, 0.6) is 0 Å². The second kappa shape index (κ2) is 5.35. The third kappa shape index (κ3) is 2.55. The Hall–Kier alpha value is -1.10. The molecule has 3 fully saturated rings. The van der Waals surface area contributed by atoms with Crippen molar-refractivity contribution in [1.29, 1.82) is 0 Å². The van der Waals surface area contributed by atoms with Crippen molar-refractivity contribution >= 4 is 11.8 Å². The van der Waals surface area contributed by atoms with Crippen LogP contribution in [0.3, 0.4) is 0 Å². The zero-order valence-corrected chi connectivity index (χ0v) is 12.5. The molecular weight excluding hydrogens is 254 g/mol. The van der Waals surface area contributed by atoms with Crippen molar-refractivity contribution in [3.05, 3.63) is 0 Å². The summed E-state index contributed by atoms with van der Waals surface area (Å²) in [5.74, 6) is 0.155. The van der Waals surface area contributed by atoms with E-state index in [2.05, 4.69) is 10.2 Å². The van der Waals surface area contributed by atoms with Gasteiger partial charge in [0.1, 0.15) is 6.04 Å². The van der Waals surface area contributed by atoms with Crippen LogP contribution < -0.4 is 5.32 Å². The lowest BCUT2D eigenvalue weighted by atomic mass is 10.1. The van der Waals surface area contributed by atoms with Gasteiger partial charge >= 0.3 is 0 Å². The number of amides is 2. The zero-order chi connectivity index (χ0) is 14.3. The predicted molar refractivity (Wildman–Crippen MR) is 76.1 cm³/mol. The second-order valence-corrected chi connectivity index (χ2v) is 6.60. The molecule has 1 saturated carbocycles. The molecule has 5 heteroatoms. The van der Waals surface area contributed by atoms with Crippen molar-refractivity contribution in [2.45, 2.75) is 70.1 Å². The van der Waals surface area contributed by atoms with Gasteiger partial charge in [0.25, 0.3) is 0 Å². The third-order valence-corrected chi connectivity index (χ3v) is 4.79. The average molecular weight is 279 g/mol. The Kier molecular flexibility index (Phi) is 3.71. The van der Waals surface area contributed by atoms with Gasteiger partial charge in [-0.2, -0.15) is 0 Å². The molecule has 1 N–H and O–H groups in total. The molecule has 5 nitrogen and oxygen atoms in total. The molecule has 0 spiro atoms. The van der Waals surface area contributed by atoms with Crippen molar-refractivity contribution in [2.75, 3.05) is 13.1 Å². The number of rotatable bonds is 4. The molecule has 2 amide bonds. The predicted octanol–water partition coefficient (Wildman–Crippen LogP) is 0.739. The number of hydrogen-bond donors (Lipinski definition) is 1. The smallest absolute Gasteiger partial charge is 0.245 e. The van der Waals surface area contributed by atoms with Crippen molar-refractivity contribution in [3.63, 3.8) is 0 Å². The highest BCUT2D eigenvalue weighted by Gasteiger charge is 2.42. The molecule has 112 valence electrons. The zero-order valence-electron chi connectivity index (χ0n) is 12.5. The highest BCUT2D eigenvalue weighted by Crippen LogP contribution is 2.33. The fourth-order valence-corrected chi connectivity index (χ4v) is 3.53. The molecule has 0 radical (unpaired) electrons. The van der Waals surface area contributed by atoms with Gasteiger partial charge in [0.05, 0.1) is 6.04 Å². The van der Waals surface area contributed by atoms with Gasteiger partial charge in [-0.05, 0) is 52.5 Å². The van der Waals surface area contributed by atoms with E-state index < -0.39 is 0 Å². The van der Waals surface area contributed by atoms with Gasteiger partial charge in [0.15, 0.2) is 0 Å². The van der Waals surface area contributed by atoms with E-state index in [0.29, 0.717) is 6.04 Å². The molecule has 0 aromatic heterocycles. The fourth-order valence-electron chi connectivity index (χ4n) is 3.53. The van der Waals surface area contributed by atoms with E-state index >= 15 is 0 Å². The molecule has 2 aliphatic heterocycles. The average Bonchev–Trinajstić information content (AvgIpc) is 3.01. The molecule has 2 heterocycles. The first-order chi connectivity index (χ1) is 9.58. The summed E-state index contributed by atoms with van der Waals surface area (Å²) in [5, 5.41) is 3.00. The summed E-state index contributed by atoms with van der Waals surface area (Å²) in [6.07, 6.45) is 5.25. The molecular formula is C15H25N3O2. The van der Waals surface area contributed by atoms with Gasteiger partial charge in [0, 0.05) is 18.6 Å². The van der Waals surface area contributed by atoms with E-state index in [0.717, 1.165) is 32.4 Å². The summed E-state index contributed by atoms with van der Waals surface area (Å²) in [4.78, 5) is 28.9. The molecule has 0 aromatic carbocycles. The first-order valence-electron chi connectivity index (χ1n) is 7.94. The largest absolute Gasteiger partial charge is 0.343 e. The second-order valence-electron chi connectivity index (χ2n) is 6.60. The Bertz CT molecular complexity index is 406. The number of nitrogens with zero attached hydrogens (tertiary/aromatic N) is 2. The number of hydrogen-bond acceptors (Lipinski definition) is 3. The third-order valence-electron chi connectivity index (χ3n) is 4.79. The number of nitrogens with one attached hydrogen (secondary N) is 1. The van der Waals surface area contributed by atoms with Gasteiger partial charge in [0.2, 0.25) is 11.8 Å². The van der Waals surface area contributed by atoms with E-state index in [4.69, 9.17) is 0 Å². The summed E-state index contributed by atoms with van der Waals surface area (Å²) < 4.78 is 0. The van der Waals surface area contributed by atoms with E-state index in [-0.39, 0.29) is 29.9 Å². The van der Waals surface area contributed by atoms with Crippen LogP contribution in [0.15, 0.2) is 0 Å². The van der Waals surface area contributed by atoms with Crippen molar-refractivity contribution in [1.82, 2.24) is 15.1 Å². The highest BCUT2D eigenvalue weighted by molar-refractivity contribution is 5.91. The van der Waals surface area contributed by atoms with E-state index in [1.54, 1.807) is 0 Å². The van der Waals surface area contributed by atoms with Crippen LogP contribution in [-0.4, -0.2) is 58.9 Å². The number of likely N-dealkylation sites (tertiary alicyclic amines) is 2. The number of carbonyl (C=O) groups is 2. The van der Waals surface area contributed by atoms with Crippen LogP contribution in [0.4, 0.5) is 0 Å². The topological polar surface area (TPSA) is 52.7 Å². The Labute approximate surface area is 120 Å². The van der Waals surface area contributed by atoms with Crippen LogP contribution >= 0.6 is 0 Å². The van der Waals surface area contributed by atoms with Crippen molar-refractivity contribution in [2.24, 2.45) is 0 Å². The molecule has 3 aliphatic rings. The Morgan fingerprint density at radius 1 is 1.20 bits per heavy atom. The summed E-state index contributed by atoms with van der Waals surface area (Å²) in [7, 11) is 0. The van der Waals surface area contributed by atoms with Crippen molar-refractivity contribution in [3.8, 4) is 0 Å². The maximum absolute atomic E-state index is 12.4. The molecule has 2 saturated heterocycles. The van der Waals surface area contributed by atoms with Gasteiger partial charge < -0.3 is 10.2 Å². The maximum Gasteiger partial charge on any atom is 0.245 e. The Balaban J connectivity index is 1.58. The molecule has 0 unspecified atom stereocenters. The van der Waals surface area contributed by atoms with Crippen LogP contribution in [0.2, 0.25) is 0 Å².